The molecule has 0 fully saturated rings. The van der Waals surface area contributed by atoms with Gasteiger partial charge in [0.25, 0.3) is 5.69 Å². The molecule has 0 saturated carbocycles. The number of ether oxygens (including phenoxy) is 1. The van der Waals surface area contributed by atoms with E-state index in [2.05, 4.69) is 0 Å². The summed E-state index contributed by atoms with van der Waals surface area (Å²) in [5, 5.41) is 10.6. The maximum atomic E-state index is 10.6. The van der Waals surface area contributed by atoms with E-state index in [4.69, 9.17) is 10.5 Å². The van der Waals surface area contributed by atoms with Gasteiger partial charge < -0.3 is 10.5 Å². The molecule has 0 aliphatic rings. The first-order valence-electron chi connectivity index (χ1n) is 5.11. The Morgan fingerprint density at radius 3 is 2.75 bits per heavy atom. The minimum atomic E-state index is -0.408. The lowest BCUT2D eigenvalue weighted by molar-refractivity contribution is -0.384. The molecule has 0 spiro atoms. The van der Waals surface area contributed by atoms with Gasteiger partial charge in [0.05, 0.1) is 12.0 Å². The van der Waals surface area contributed by atoms with Gasteiger partial charge in [0.1, 0.15) is 5.75 Å². The van der Waals surface area contributed by atoms with E-state index in [1.54, 1.807) is 19.2 Å². The molecule has 1 rings (SSSR count). The van der Waals surface area contributed by atoms with Crippen LogP contribution < -0.4 is 10.5 Å². The fourth-order valence-electron chi connectivity index (χ4n) is 1.46. The molecule has 0 heterocycles. The number of benzene rings is 1. The number of non-ortho nitro benzene ring substituents is 1. The van der Waals surface area contributed by atoms with Crippen molar-refractivity contribution in [2.75, 3.05) is 7.11 Å². The molecule has 5 heteroatoms. The van der Waals surface area contributed by atoms with Crippen molar-refractivity contribution < 1.29 is 9.66 Å². The van der Waals surface area contributed by atoms with Crippen LogP contribution in [-0.4, -0.2) is 18.1 Å². The standard InChI is InChI=1S/C11H16N2O3/c1-8(12)3-4-9-7-10(13(14)15)5-6-11(9)16-2/h5-8H,3-4,12H2,1-2H3/t8-/m1/s1. The van der Waals surface area contributed by atoms with Crippen molar-refractivity contribution in [3.05, 3.63) is 33.9 Å². The van der Waals surface area contributed by atoms with Gasteiger partial charge in [-0.25, -0.2) is 0 Å². The molecule has 0 amide bonds. The lowest BCUT2D eigenvalue weighted by Crippen LogP contribution is -2.15. The number of hydrogen-bond acceptors (Lipinski definition) is 4. The summed E-state index contributed by atoms with van der Waals surface area (Å²) >= 11 is 0. The van der Waals surface area contributed by atoms with Crippen molar-refractivity contribution in [1.82, 2.24) is 0 Å². The van der Waals surface area contributed by atoms with E-state index in [1.807, 2.05) is 6.92 Å². The number of nitrogens with zero attached hydrogens (tertiary/aromatic N) is 1. The summed E-state index contributed by atoms with van der Waals surface area (Å²) in [4.78, 5) is 10.2. The summed E-state index contributed by atoms with van der Waals surface area (Å²) in [6.07, 6.45) is 1.46. The second-order valence-corrected chi connectivity index (χ2v) is 3.77. The van der Waals surface area contributed by atoms with Crippen LogP contribution in [0.1, 0.15) is 18.9 Å². The Morgan fingerprint density at radius 2 is 2.25 bits per heavy atom. The summed E-state index contributed by atoms with van der Waals surface area (Å²) in [6.45, 7) is 1.91. The average Bonchev–Trinajstić information content (AvgIpc) is 2.25. The molecule has 1 atom stereocenters. The number of nitrogens with two attached hydrogens (primary N) is 1. The highest BCUT2D eigenvalue weighted by atomic mass is 16.6. The smallest absolute Gasteiger partial charge is 0.269 e. The van der Waals surface area contributed by atoms with Crippen LogP contribution in [0.3, 0.4) is 0 Å². The zero-order valence-corrected chi connectivity index (χ0v) is 9.47. The monoisotopic (exact) mass is 224 g/mol. The first kappa shape index (κ1) is 12.4. The largest absolute Gasteiger partial charge is 0.496 e. The van der Waals surface area contributed by atoms with E-state index >= 15 is 0 Å². The molecule has 0 unspecified atom stereocenters. The van der Waals surface area contributed by atoms with Crippen LogP contribution in [0, 0.1) is 10.1 Å². The topological polar surface area (TPSA) is 78.4 Å². The number of nitro groups is 1. The van der Waals surface area contributed by atoms with E-state index in [-0.39, 0.29) is 11.7 Å². The summed E-state index contributed by atoms with van der Waals surface area (Å²) in [5.74, 6) is 0.672. The third kappa shape index (κ3) is 3.20. The highest BCUT2D eigenvalue weighted by molar-refractivity contribution is 5.43. The van der Waals surface area contributed by atoms with Crippen molar-refractivity contribution in [3.8, 4) is 5.75 Å². The van der Waals surface area contributed by atoms with Gasteiger partial charge in [-0.05, 0) is 25.8 Å². The second-order valence-electron chi connectivity index (χ2n) is 3.77. The first-order chi connectivity index (χ1) is 7.54. The van der Waals surface area contributed by atoms with Crippen molar-refractivity contribution in [1.29, 1.82) is 0 Å². The van der Waals surface area contributed by atoms with Gasteiger partial charge in [-0.2, -0.15) is 0 Å². The molecule has 16 heavy (non-hydrogen) atoms. The van der Waals surface area contributed by atoms with Gasteiger partial charge in [-0.3, -0.25) is 10.1 Å². The lowest BCUT2D eigenvalue weighted by Gasteiger charge is -2.09. The average molecular weight is 224 g/mol. The van der Waals surface area contributed by atoms with Gasteiger partial charge in [-0.15, -0.1) is 0 Å². The normalized spacial score (nSPS) is 12.2. The number of hydrogen-bond donors (Lipinski definition) is 1. The molecule has 0 bridgehead atoms. The van der Waals surface area contributed by atoms with Crippen LogP contribution in [0.4, 0.5) is 5.69 Å². The SMILES string of the molecule is COc1ccc([N+](=O)[O-])cc1CC[C@@H](C)N. The van der Waals surface area contributed by atoms with Gasteiger partial charge in [-0.1, -0.05) is 0 Å². The number of nitro benzene ring substituents is 1. The van der Waals surface area contributed by atoms with E-state index in [0.717, 1.165) is 12.0 Å². The van der Waals surface area contributed by atoms with Crippen molar-refractivity contribution >= 4 is 5.69 Å². The van der Waals surface area contributed by atoms with Gasteiger partial charge >= 0.3 is 0 Å². The Kier molecular flexibility index (Phi) is 4.25. The first-order valence-corrected chi connectivity index (χ1v) is 5.11. The number of aryl methyl sites for hydroxylation is 1. The Morgan fingerprint density at radius 1 is 1.56 bits per heavy atom. The van der Waals surface area contributed by atoms with E-state index in [9.17, 15) is 10.1 Å². The van der Waals surface area contributed by atoms with Gasteiger partial charge in [0, 0.05) is 23.7 Å². The van der Waals surface area contributed by atoms with Gasteiger partial charge in [0.15, 0.2) is 0 Å². The molecule has 0 aliphatic heterocycles. The predicted molar refractivity (Wildman–Crippen MR) is 61.6 cm³/mol. The molecule has 5 nitrogen and oxygen atoms in total. The summed E-state index contributed by atoms with van der Waals surface area (Å²) in [6, 6.07) is 4.67. The second kappa shape index (κ2) is 5.46. The third-order valence-electron chi connectivity index (χ3n) is 2.34. The van der Waals surface area contributed by atoms with Crippen LogP contribution in [0.15, 0.2) is 18.2 Å². The van der Waals surface area contributed by atoms with Crippen LogP contribution in [0.2, 0.25) is 0 Å². The maximum Gasteiger partial charge on any atom is 0.269 e. The minimum Gasteiger partial charge on any atom is -0.496 e. The van der Waals surface area contributed by atoms with Crippen LogP contribution >= 0.6 is 0 Å². The van der Waals surface area contributed by atoms with Crippen molar-refractivity contribution in [2.24, 2.45) is 5.73 Å². The zero-order chi connectivity index (χ0) is 12.1. The fraction of sp³-hybridized carbons (Fsp3) is 0.455. The predicted octanol–water partition coefficient (Wildman–Crippen LogP) is 1.88. The highest BCUT2D eigenvalue weighted by Gasteiger charge is 2.11. The summed E-state index contributed by atoms with van der Waals surface area (Å²) in [7, 11) is 1.55. The zero-order valence-electron chi connectivity index (χ0n) is 9.47. The van der Waals surface area contributed by atoms with Crippen LogP contribution in [0.25, 0.3) is 0 Å². The molecular weight excluding hydrogens is 208 g/mol. The third-order valence-corrected chi connectivity index (χ3v) is 2.34. The quantitative estimate of drug-likeness (QED) is 0.611. The Bertz CT molecular complexity index is 377. The molecule has 2 N–H and O–H groups in total. The van der Waals surface area contributed by atoms with E-state index in [1.165, 1.54) is 6.07 Å². The molecule has 1 aromatic rings. The van der Waals surface area contributed by atoms with Crippen molar-refractivity contribution in [2.45, 2.75) is 25.8 Å². The minimum absolute atomic E-state index is 0.0731. The molecule has 0 aliphatic carbocycles. The van der Waals surface area contributed by atoms with E-state index in [0.29, 0.717) is 12.2 Å². The molecular formula is C11H16N2O3. The summed E-state index contributed by atoms with van der Waals surface area (Å²) in [5.41, 5.74) is 6.57. The molecule has 0 radical (unpaired) electrons. The van der Waals surface area contributed by atoms with Crippen LogP contribution in [-0.2, 0) is 6.42 Å². The molecule has 0 aromatic heterocycles. The van der Waals surface area contributed by atoms with Crippen molar-refractivity contribution in [3.63, 3.8) is 0 Å². The Hall–Kier alpha value is -1.62. The molecule has 0 saturated heterocycles. The van der Waals surface area contributed by atoms with Gasteiger partial charge in [0.2, 0.25) is 0 Å². The lowest BCUT2D eigenvalue weighted by atomic mass is 10.0. The van der Waals surface area contributed by atoms with E-state index < -0.39 is 4.92 Å². The fourth-order valence-corrected chi connectivity index (χ4v) is 1.46. The number of rotatable bonds is 5. The number of methoxy groups -OCH3 is 1. The van der Waals surface area contributed by atoms with Crippen LogP contribution in [0.5, 0.6) is 5.75 Å². The maximum absolute atomic E-state index is 10.6. The summed E-state index contributed by atoms with van der Waals surface area (Å²) < 4.78 is 5.15. The Labute approximate surface area is 94.4 Å². The highest BCUT2D eigenvalue weighted by Crippen LogP contribution is 2.25. The Balaban J connectivity index is 2.93. The molecule has 1 aromatic carbocycles. The molecule has 88 valence electrons.